The summed E-state index contributed by atoms with van der Waals surface area (Å²) in [5.41, 5.74) is 4.61. The third-order valence-electron chi connectivity index (χ3n) is 7.13. The number of alkyl halides is 3. The predicted molar refractivity (Wildman–Crippen MR) is 149 cm³/mol. The number of aromatic nitrogens is 5. The van der Waals surface area contributed by atoms with E-state index in [1.165, 1.54) is 6.20 Å². The van der Waals surface area contributed by atoms with Gasteiger partial charge in [-0.25, -0.2) is 14.3 Å². The lowest BCUT2D eigenvalue weighted by atomic mass is 9.91. The Morgan fingerprint density at radius 1 is 1.05 bits per heavy atom. The van der Waals surface area contributed by atoms with Gasteiger partial charge in [-0.15, -0.1) is 0 Å². The van der Waals surface area contributed by atoms with Gasteiger partial charge in [0.2, 0.25) is 5.95 Å². The van der Waals surface area contributed by atoms with Crippen LogP contribution in [-0.2, 0) is 18.4 Å². The average Bonchev–Trinajstić information content (AvgIpc) is 3.18. The molecular weight excluding hydrogens is 519 g/mol. The molecule has 5 rings (SSSR count). The van der Waals surface area contributed by atoms with E-state index in [4.69, 9.17) is 4.98 Å². The molecule has 0 amide bonds. The van der Waals surface area contributed by atoms with Crippen LogP contribution in [0, 0.1) is 0 Å². The monoisotopic (exact) mass is 553 g/mol. The second kappa shape index (κ2) is 10.3. The Morgan fingerprint density at radius 3 is 2.52 bits per heavy atom. The van der Waals surface area contributed by atoms with Gasteiger partial charge in [0.05, 0.1) is 12.1 Å². The van der Waals surface area contributed by atoms with Gasteiger partial charge in [0, 0.05) is 54.9 Å². The van der Waals surface area contributed by atoms with Crippen molar-refractivity contribution < 1.29 is 13.2 Å². The van der Waals surface area contributed by atoms with E-state index < -0.39 is 12.6 Å². The van der Waals surface area contributed by atoms with E-state index in [-0.39, 0.29) is 23.6 Å². The van der Waals surface area contributed by atoms with Crippen LogP contribution in [0.3, 0.4) is 0 Å². The van der Waals surface area contributed by atoms with Crippen LogP contribution in [0.5, 0.6) is 0 Å². The predicted octanol–water partition coefficient (Wildman–Crippen LogP) is 5.91. The molecule has 40 heavy (non-hydrogen) atoms. The molecule has 0 unspecified atom stereocenters. The molecule has 0 saturated heterocycles. The Morgan fingerprint density at radius 2 is 1.82 bits per heavy atom. The van der Waals surface area contributed by atoms with Crippen LogP contribution in [0.2, 0.25) is 0 Å². The number of benzene rings is 1. The Labute approximate surface area is 230 Å². The number of fused-ring (bicyclic) bond motifs is 2. The molecule has 0 bridgehead atoms. The number of halogens is 3. The van der Waals surface area contributed by atoms with Crippen LogP contribution in [0.25, 0.3) is 16.7 Å². The van der Waals surface area contributed by atoms with Crippen molar-refractivity contribution in [2.75, 3.05) is 18.4 Å². The highest BCUT2D eigenvalue weighted by atomic mass is 19.4. The second-order valence-electron chi connectivity index (χ2n) is 11.6. The van der Waals surface area contributed by atoms with Crippen molar-refractivity contribution >= 4 is 22.7 Å². The first kappa shape index (κ1) is 27.8. The minimum Gasteiger partial charge on any atom is -0.324 e. The lowest BCUT2D eigenvalue weighted by Crippen LogP contribution is -2.33. The summed E-state index contributed by atoms with van der Waals surface area (Å²) < 4.78 is 41.7. The maximum Gasteiger partial charge on any atom is 0.390 e. The first-order valence-electron chi connectivity index (χ1n) is 13.5. The third kappa shape index (κ3) is 5.74. The summed E-state index contributed by atoms with van der Waals surface area (Å²) in [5.74, 6) is 0.317. The number of hydrogen-bond donors (Lipinski definition) is 1. The molecule has 8 nitrogen and oxygen atoms in total. The first-order chi connectivity index (χ1) is 18.8. The first-order valence-corrected chi connectivity index (χ1v) is 13.5. The highest BCUT2D eigenvalue weighted by Crippen LogP contribution is 2.28. The molecule has 4 aromatic rings. The Kier molecular flexibility index (Phi) is 7.20. The highest BCUT2D eigenvalue weighted by molar-refractivity contribution is 5.77. The van der Waals surface area contributed by atoms with Crippen molar-refractivity contribution in [2.45, 2.75) is 71.6 Å². The van der Waals surface area contributed by atoms with E-state index in [2.05, 4.69) is 36.1 Å². The van der Waals surface area contributed by atoms with Crippen molar-refractivity contribution in [2.24, 2.45) is 0 Å². The number of nitrogens with one attached hydrogen (secondary N) is 1. The summed E-state index contributed by atoms with van der Waals surface area (Å²) in [4.78, 5) is 28.9. The van der Waals surface area contributed by atoms with E-state index >= 15 is 0 Å². The minimum atomic E-state index is -4.17. The summed E-state index contributed by atoms with van der Waals surface area (Å²) in [6.45, 7) is 11.2. The smallest absolute Gasteiger partial charge is 0.324 e. The van der Waals surface area contributed by atoms with E-state index in [1.54, 1.807) is 10.9 Å². The summed E-state index contributed by atoms with van der Waals surface area (Å²) in [5, 5.41) is 3.63. The molecule has 3 aromatic heterocycles. The van der Waals surface area contributed by atoms with Crippen molar-refractivity contribution in [1.29, 1.82) is 0 Å². The summed E-state index contributed by atoms with van der Waals surface area (Å²) >= 11 is 0. The zero-order valence-corrected chi connectivity index (χ0v) is 23.4. The van der Waals surface area contributed by atoms with Crippen LogP contribution >= 0.6 is 0 Å². The Bertz CT molecular complexity index is 1600. The summed E-state index contributed by atoms with van der Waals surface area (Å²) in [6, 6.07) is 9.55. The van der Waals surface area contributed by atoms with Crippen LogP contribution in [-0.4, -0.2) is 48.5 Å². The maximum absolute atomic E-state index is 13.4. The van der Waals surface area contributed by atoms with Gasteiger partial charge in [-0.3, -0.25) is 14.7 Å². The molecule has 1 aliphatic rings. The van der Waals surface area contributed by atoms with Gasteiger partial charge in [0.1, 0.15) is 5.39 Å². The van der Waals surface area contributed by atoms with E-state index in [0.29, 0.717) is 36.5 Å². The van der Waals surface area contributed by atoms with Crippen molar-refractivity contribution in [3.63, 3.8) is 0 Å². The Hall–Kier alpha value is -3.73. The molecule has 1 N–H and O–H groups in total. The third-order valence-corrected chi connectivity index (χ3v) is 7.13. The average molecular weight is 554 g/mol. The number of pyridine rings is 1. The summed E-state index contributed by atoms with van der Waals surface area (Å²) in [7, 11) is 0. The quantitative estimate of drug-likeness (QED) is 0.320. The molecule has 1 aromatic carbocycles. The normalized spacial score (nSPS) is 14.6. The highest BCUT2D eigenvalue weighted by Gasteiger charge is 2.29. The molecule has 11 heteroatoms. The standard InChI is InChI=1S/C29H34F3N7O/c1-18(2)38-26(40)23-16-34-27(36-25(23)39(38)22-8-11-33-24(15-22)28(3,4)5)35-21-7-6-19-9-12-37(17-20(19)14-21)13-10-29(30,31)32/h6-8,11,14-16,18H,9-10,12-13,17H2,1-5H3,(H,34,35,36). The fraction of sp³-hybridized carbons (Fsp3) is 0.448. The number of nitrogens with zero attached hydrogens (tertiary/aromatic N) is 6. The van der Waals surface area contributed by atoms with Gasteiger partial charge >= 0.3 is 6.18 Å². The molecule has 0 radical (unpaired) electrons. The van der Waals surface area contributed by atoms with E-state index in [9.17, 15) is 18.0 Å². The van der Waals surface area contributed by atoms with Gasteiger partial charge in [0.25, 0.3) is 5.56 Å². The topological polar surface area (TPSA) is 80.9 Å². The van der Waals surface area contributed by atoms with Crippen molar-refractivity contribution in [1.82, 2.24) is 29.2 Å². The van der Waals surface area contributed by atoms with E-state index in [0.717, 1.165) is 28.2 Å². The SMILES string of the molecule is CC(C)n1c(=O)c2cnc(Nc3ccc4c(c3)CN(CCC(F)(F)F)CC4)nc2n1-c1ccnc(C(C)(C)C)c1. The fourth-order valence-corrected chi connectivity index (χ4v) is 5.03. The molecule has 0 atom stereocenters. The molecule has 0 fully saturated rings. The molecule has 0 aliphatic carbocycles. The minimum absolute atomic E-state index is 0.0172. The van der Waals surface area contributed by atoms with Crippen molar-refractivity contribution in [3.8, 4) is 5.69 Å². The van der Waals surface area contributed by atoms with Gasteiger partial charge in [0.15, 0.2) is 5.65 Å². The molecule has 4 heterocycles. The van der Waals surface area contributed by atoms with E-state index in [1.807, 2.05) is 53.8 Å². The van der Waals surface area contributed by atoms with Crippen LogP contribution in [0.1, 0.15) is 63.9 Å². The van der Waals surface area contributed by atoms with Gasteiger partial charge in [-0.05, 0) is 55.7 Å². The summed E-state index contributed by atoms with van der Waals surface area (Å²) in [6.07, 6.45) is -1.01. The molecule has 1 aliphatic heterocycles. The molecular formula is C29H34F3N7O. The fourth-order valence-electron chi connectivity index (χ4n) is 5.03. The Balaban J connectivity index is 1.49. The van der Waals surface area contributed by atoms with Crippen LogP contribution in [0.4, 0.5) is 24.8 Å². The van der Waals surface area contributed by atoms with Gasteiger partial charge in [-0.1, -0.05) is 26.8 Å². The maximum atomic E-state index is 13.4. The second-order valence-corrected chi connectivity index (χ2v) is 11.6. The van der Waals surface area contributed by atoms with Crippen molar-refractivity contribution in [3.05, 3.63) is 69.9 Å². The molecule has 0 saturated carbocycles. The van der Waals surface area contributed by atoms with Crippen LogP contribution < -0.4 is 10.9 Å². The van der Waals surface area contributed by atoms with Crippen LogP contribution in [0.15, 0.2) is 47.5 Å². The zero-order valence-electron chi connectivity index (χ0n) is 23.4. The zero-order chi connectivity index (χ0) is 28.8. The van der Waals surface area contributed by atoms with Gasteiger partial charge in [-0.2, -0.15) is 18.2 Å². The number of hydrogen-bond acceptors (Lipinski definition) is 6. The van der Waals surface area contributed by atoms with Gasteiger partial charge < -0.3 is 5.32 Å². The molecule has 212 valence electrons. The lowest BCUT2D eigenvalue weighted by molar-refractivity contribution is -0.138. The molecule has 0 spiro atoms. The number of rotatable bonds is 6. The lowest BCUT2D eigenvalue weighted by Gasteiger charge is -2.29. The number of anilines is 2. The largest absolute Gasteiger partial charge is 0.390 e.